The van der Waals surface area contributed by atoms with Crippen molar-refractivity contribution in [1.82, 2.24) is 14.8 Å². The minimum Gasteiger partial charge on any atom is -0.339 e. The van der Waals surface area contributed by atoms with Crippen LogP contribution in [-0.2, 0) is 11.3 Å². The van der Waals surface area contributed by atoms with Crippen LogP contribution in [0.4, 0.5) is 0 Å². The number of aromatic nitrogens is 1. The molecule has 1 aromatic carbocycles. The third kappa shape index (κ3) is 5.06. The largest absolute Gasteiger partial charge is 0.339 e. The van der Waals surface area contributed by atoms with Gasteiger partial charge in [-0.3, -0.25) is 14.7 Å². The van der Waals surface area contributed by atoms with Gasteiger partial charge in [0.15, 0.2) is 0 Å². The Balaban J connectivity index is 1.46. The molecule has 0 aliphatic carbocycles. The fraction of sp³-hybridized carbons (Fsp3) is 0.400. The van der Waals surface area contributed by atoms with Gasteiger partial charge in [-0.2, -0.15) is 0 Å². The zero-order chi connectivity index (χ0) is 17.6. The Hall–Kier alpha value is -1.85. The number of carbonyl (C=O) groups is 1. The zero-order valence-electron chi connectivity index (χ0n) is 14.9. The lowest BCUT2D eigenvalue weighted by atomic mass is 10.2. The van der Waals surface area contributed by atoms with Crippen molar-refractivity contribution < 1.29 is 4.79 Å². The van der Waals surface area contributed by atoms with E-state index in [1.165, 1.54) is 21.6 Å². The summed E-state index contributed by atoms with van der Waals surface area (Å²) in [6.07, 6.45) is 3.67. The third-order valence-electron chi connectivity index (χ3n) is 4.58. The fourth-order valence-corrected chi connectivity index (χ4v) is 4.02. The summed E-state index contributed by atoms with van der Waals surface area (Å²) in [6.45, 7) is 8.62. The molecule has 1 amide bonds. The van der Waals surface area contributed by atoms with Crippen molar-refractivity contribution in [2.24, 2.45) is 0 Å². The molecule has 1 saturated heterocycles. The van der Waals surface area contributed by atoms with Crippen LogP contribution in [0.3, 0.4) is 0 Å². The Bertz CT molecular complexity index is 712. The first-order valence-corrected chi connectivity index (χ1v) is 9.69. The van der Waals surface area contributed by atoms with Gasteiger partial charge in [-0.1, -0.05) is 17.7 Å². The van der Waals surface area contributed by atoms with Crippen molar-refractivity contribution in [3.63, 3.8) is 0 Å². The molecule has 2 aromatic rings. The van der Waals surface area contributed by atoms with E-state index >= 15 is 0 Å². The van der Waals surface area contributed by atoms with E-state index in [1.54, 1.807) is 11.8 Å². The van der Waals surface area contributed by atoms with Gasteiger partial charge in [0, 0.05) is 50.0 Å². The third-order valence-corrected chi connectivity index (χ3v) is 5.72. The summed E-state index contributed by atoms with van der Waals surface area (Å²) in [4.78, 5) is 22.2. The zero-order valence-corrected chi connectivity index (χ0v) is 15.8. The highest BCUT2D eigenvalue weighted by atomic mass is 32.2. The molecule has 0 unspecified atom stereocenters. The second kappa shape index (κ2) is 8.50. The molecule has 1 fully saturated rings. The second-order valence-corrected chi connectivity index (χ2v) is 7.59. The number of hydrogen-bond acceptors (Lipinski definition) is 4. The number of nitrogens with zero attached hydrogens (tertiary/aromatic N) is 3. The summed E-state index contributed by atoms with van der Waals surface area (Å²) in [7, 11) is 0. The highest BCUT2D eigenvalue weighted by Gasteiger charge is 2.21. The maximum atomic E-state index is 12.5. The van der Waals surface area contributed by atoms with E-state index in [2.05, 4.69) is 54.1 Å². The Kier molecular flexibility index (Phi) is 6.10. The van der Waals surface area contributed by atoms with Crippen molar-refractivity contribution >= 4 is 17.7 Å². The van der Waals surface area contributed by atoms with Gasteiger partial charge >= 0.3 is 0 Å². The van der Waals surface area contributed by atoms with Gasteiger partial charge in [0.2, 0.25) is 5.91 Å². The molecule has 132 valence electrons. The predicted octanol–water partition coefficient (Wildman–Crippen LogP) is 3.13. The molecule has 4 nitrogen and oxygen atoms in total. The highest BCUT2D eigenvalue weighted by Crippen LogP contribution is 2.24. The SMILES string of the molecule is Cc1ccc(C)c(SCC(=O)N2CCN(Cc3ccncc3)CC2)c1. The monoisotopic (exact) mass is 355 g/mol. The molecular formula is C20H25N3OS. The first-order chi connectivity index (χ1) is 12.1. The van der Waals surface area contributed by atoms with Crippen LogP contribution >= 0.6 is 11.8 Å². The summed E-state index contributed by atoms with van der Waals surface area (Å²) in [5, 5.41) is 0. The van der Waals surface area contributed by atoms with E-state index in [-0.39, 0.29) is 5.91 Å². The van der Waals surface area contributed by atoms with Gasteiger partial charge in [0.25, 0.3) is 0 Å². The number of piperazine rings is 1. The summed E-state index contributed by atoms with van der Waals surface area (Å²) in [5.74, 6) is 0.767. The quantitative estimate of drug-likeness (QED) is 0.772. The first-order valence-electron chi connectivity index (χ1n) is 8.71. The lowest BCUT2D eigenvalue weighted by Gasteiger charge is -2.34. The predicted molar refractivity (Wildman–Crippen MR) is 103 cm³/mol. The van der Waals surface area contributed by atoms with Crippen LogP contribution in [0.2, 0.25) is 0 Å². The standard InChI is InChI=1S/C20H25N3OS/c1-16-3-4-17(2)19(13-16)25-15-20(24)23-11-9-22(10-12-23)14-18-5-7-21-8-6-18/h3-8,13H,9-12,14-15H2,1-2H3. The summed E-state index contributed by atoms with van der Waals surface area (Å²) >= 11 is 1.65. The van der Waals surface area contributed by atoms with Gasteiger partial charge in [-0.15, -0.1) is 11.8 Å². The van der Waals surface area contributed by atoms with Crippen LogP contribution in [0.5, 0.6) is 0 Å². The van der Waals surface area contributed by atoms with E-state index in [0.717, 1.165) is 32.7 Å². The number of aryl methyl sites for hydroxylation is 2. The second-order valence-electron chi connectivity index (χ2n) is 6.57. The van der Waals surface area contributed by atoms with Crippen molar-refractivity contribution in [2.45, 2.75) is 25.3 Å². The molecule has 0 bridgehead atoms. The Morgan fingerprint density at radius 2 is 1.80 bits per heavy atom. The molecular weight excluding hydrogens is 330 g/mol. The van der Waals surface area contributed by atoms with Crippen LogP contribution < -0.4 is 0 Å². The molecule has 0 N–H and O–H groups in total. The van der Waals surface area contributed by atoms with Gasteiger partial charge in [0.05, 0.1) is 5.75 Å². The van der Waals surface area contributed by atoms with Crippen molar-refractivity contribution in [1.29, 1.82) is 0 Å². The number of amides is 1. The molecule has 0 spiro atoms. The van der Waals surface area contributed by atoms with Gasteiger partial charge in [0.1, 0.15) is 0 Å². The molecule has 3 rings (SSSR count). The highest BCUT2D eigenvalue weighted by molar-refractivity contribution is 8.00. The van der Waals surface area contributed by atoms with E-state index < -0.39 is 0 Å². The number of benzene rings is 1. The van der Waals surface area contributed by atoms with Crippen molar-refractivity contribution in [2.75, 3.05) is 31.9 Å². The number of hydrogen-bond donors (Lipinski definition) is 0. The fourth-order valence-electron chi connectivity index (χ4n) is 3.00. The van der Waals surface area contributed by atoms with Crippen LogP contribution in [0.1, 0.15) is 16.7 Å². The Morgan fingerprint density at radius 1 is 1.08 bits per heavy atom. The number of carbonyl (C=O) groups excluding carboxylic acids is 1. The summed E-state index contributed by atoms with van der Waals surface area (Å²) < 4.78 is 0. The minimum absolute atomic E-state index is 0.245. The van der Waals surface area contributed by atoms with Crippen LogP contribution in [0.15, 0.2) is 47.6 Å². The lowest BCUT2D eigenvalue weighted by molar-refractivity contribution is -0.130. The van der Waals surface area contributed by atoms with E-state index in [0.29, 0.717) is 5.75 Å². The van der Waals surface area contributed by atoms with Crippen LogP contribution in [-0.4, -0.2) is 52.6 Å². The van der Waals surface area contributed by atoms with Gasteiger partial charge in [-0.25, -0.2) is 0 Å². The average Bonchev–Trinajstić information content (AvgIpc) is 2.64. The van der Waals surface area contributed by atoms with Crippen molar-refractivity contribution in [3.8, 4) is 0 Å². The molecule has 2 heterocycles. The molecule has 0 saturated carbocycles. The van der Waals surface area contributed by atoms with Gasteiger partial charge < -0.3 is 4.90 Å². The molecule has 1 aliphatic rings. The molecule has 1 aromatic heterocycles. The number of thioether (sulfide) groups is 1. The Labute approximate surface area is 154 Å². The maximum absolute atomic E-state index is 12.5. The molecule has 0 atom stereocenters. The van der Waals surface area contributed by atoms with Crippen LogP contribution in [0.25, 0.3) is 0 Å². The van der Waals surface area contributed by atoms with Crippen LogP contribution in [0, 0.1) is 13.8 Å². The normalized spacial score (nSPS) is 15.4. The maximum Gasteiger partial charge on any atom is 0.233 e. The number of pyridine rings is 1. The molecule has 5 heteroatoms. The molecule has 25 heavy (non-hydrogen) atoms. The topological polar surface area (TPSA) is 36.4 Å². The van der Waals surface area contributed by atoms with Gasteiger partial charge in [-0.05, 0) is 43.2 Å². The number of rotatable bonds is 5. The van der Waals surface area contributed by atoms with E-state index in [9.17, 15) is 4.79 Å². The molecule has 1 aliphatic heterocycles. The van der Waals surface area contributed by atoms with Crippen molar-refractivity contribution in [3.05, 3.63) is 59.4 Å². The minimum atomic E-state index is 0.245. The molecule has 0 radical (unpaired) electrons. The summed E-state index contributed by atoms with van der Waals surface area (Å²) in [5.41, 5.74) is 3.76. The summed E-state index contributed by atoms with van der Waals surface area (Å²) in [6, 6.07) is 10.5. The smallest absolute Gasteiger partial charge is 0.233 e. The van der Waals surface area contributed by atoms with E-state index in [1.807, 2.05) is 17.3 Å². The lowest BCUT2D eigenvalue weighted by Crippen LogP contribution is -2.48. The van der Waals surface area contributed by atoms with E-state index in [4.69, 9.17) is 0 Å². The Morgan fingerprint density at radius 3 is 2.52 bits per heavy atom. The first kappa shape index (κ1) is 18.0. The average molecular weight is 356 g/mol.